The van der Waals surface area contributed by atoms with Crippen molar-refractivity contribution >= 4 is 11.9 Å². The van der Waals surface area contributed by atoms with Crippen molar-refractivity contribution in [3.63, 3.8) is 0 Å². The molecule has 11 heteroatoms. The first-order valence-corrected chi connectivity index (χ1v) is 12.2. The Morgan fingerprint density at radius 1 is 1.16 bits per heavy atom. The third-order valence-corrected chi connectivity index (χ3v) is 6.52. The Morgan fingerprint density at radius 2 is 1.86 bits per heavy atom. The summed E-state index contributed by atoms with van der Waals surface area (Å²) < 4.78 is 21.4. The molecule has 3 heterocycles. The lowest BCUT2D eigenvalue weighted by Crippen LogP contribution is -2.28. The van der Waals surface area contributed by atoms with E-state index in [1.807, 2.05) is 38.1 Å². The van der Waals surface area contributed by atoms with Gasteiger partial charge in [0.15, 0.2) is 5.82 Å². The number of likely N-dealkylation sites (N-methyl/N-ethyl adjacent to an activating group) is 1. The number of hydrogen-bond acceptors (Lipinski definition) is 8. The van der Waals surface area contributed by atoms with Gasteiger partial charge in [0.25, 0.3) is 5.89 Å². The normalized spacial score (nSPS) is 14.4. The van der Waals surface area contributed by atoms with Crippen LogP contribution in [0, 0.1) is 11.9 Å². The highest BCUT2D eigenvalue weighted by molar-refractivity contribution is 5.75. The van der Waals surface area contributed by atoms with E-state index >= 15 is 0 Å². The van der Waals surface area contributed by atoms with E-state index in [0.29, 0.717) is 28.8 Å². The van der Waals surface area contributed by atoms with Gasteiger partial charge in [0.05, 0.1) is 22.7 Å². The predicted octanol–water partition coefficient (Wildman–Crippen LogP) is 3.94. The molecule has 1 amide bonds. The highest BCUT2D eigenvalue weighted by Crippen LogP contribution is 2.50. The lowest BCUT2D eigenvalue weighted by Gasteiger charge is -2.27. The molecule has 5 rings (SSSR count). The van der Waals surface area contributed by atoms with Crippen molar-refractivity contribution in [1.82, 2.24) is 34.8 Å². The van der Waals surface area contributed by atoms with Gasteiger partial charge < -0.3 is 15.2 Å². The number of nitrogens with two attached hydrogens (primary N) is 1. The summed E-state index contributed by atoms with van der Waals surface area (Å²) in [7, 11) is 3.39. The van der Waals surface area contributed by atoms with Crippen molar-refractivity contribution in [2.24, 2.45) is 5.92 Å². The molecule has 37 heavy (non-hydrogen) atoms. The van der Waals surface area contributed by atoms with Gasteiger partial charge in [0, 0.05) is 26.5 Å². The monoisotopic (exact) mass is 506 g/mol. The molecule has 1 fully saturated rings. The fraction of sp³-hybridized carbons (Fsp3) is 0.385. The van der Waals surface area contributed by atoms with Crippen LogP contribution in [-0.4, -0.2) is 54.8 Å². The SMILES string of the molecule is CC.CN(C)C(=O)Cn1cc(-c2nc(C(C)(c3ccc(-c4cnc(N)nc4F)cc3)C3CC3)no2)cn1. The van der Waals surface area contributed by atoms with Crippen LogP contribution in [0.3, 0.4) is 0 Å². The minimum atomic E-state index is -0.661. The molecule has 2 N–H and O–H groups in total. The van der Waals surface area contributed by atoms with Crippen LogP contribution in [0.5, 0.6) is 0 Å². The number of hydrogen-bond donors (Lipinski definition) is 1. The minimum Gasteiger partial charge on any atom is -0.368 e. The zero-order chi connectivity index (χ0) is 26.7. The van der Waals surface area contributed by atoms with E-state index in [1.165, 1.54) is 11.1 Å². The quantitative estimate of drug-likeness (QED) is 0.373. The molecule has 194 valence electrons. The van der Waals surface area contributed by atoms with Crippen LogP contribution in [0.2, 0.25) is 0 Å². The van der Waals surface area contributed by atoms with Gasteiger partial charge in [-0.05, 0) is 36.8 Å². The first kappa shape index (κ1) is 25.9. The molecule has 1 saturated carbocycles. The molecule has 1 unspecified atom stereocenters. The summed E-state index contributed by atoms with van der Waals surface area (Å²) in [5.74, 6) is 0.435. The van der Waals surface area contributed by atoms with E-state index in [-0.39, 0.29) is 24.0 Å². The number of halogens is 1. The number of nitrogens with zero attached hydrogens (tertiary/aromatic N) is 7. The highest BCUT2D eigenvalue weighted by Gasteiger charge is 2.47. The van der Waals surface area contributed by atoms with Crippen molar-refractivity contribution in [3.05, 3.63) is 60.2 Å². The van der Waals surface area contributed by atoms with E-state index in [0.717, 1.165) is 18.4 Å². The lowest BCUT2D eigenvalue weighted by molar-refractivity contribution is -0.129. The van der Waals surface area contributed by atoms with Crippen LogP contribution in [0.1, 0.15) is 45.0 Å². The number of nitrogen functional groups attached to an aromatic ring is 1. The molecular weight excluding hydrogens is 475 g/mol. The molecule has 1 aromatic carbocycles. The third-order valence-electron chi connectivity index (χ3n) is 6.52. The first-order valence-electron chi connectivity index (χ1n) is 12.2. The van der Waals surface area contributed by atoms with Crippen molar-refractivity contribution in [1.29, 1.82) is 0 Å². The molecule has 1 aliphatic rings. The largest absolute Gasteiger partial charge is 0.368 e. The maximum absolute atomic E-state index is 14.3. The predicted molar refractivity (Wildman–Crippen MR) is 137 cm³/mol. The lowest BCUT2D eigenvalue weighted by atomic mass is 9.76. The zero-order valence-electron chi connectivity index (χ0n) is 21.6. The average molecular weight is 507 g/mol. The summed E-state index contributed by atoms with van der Waals surface area (Å²) >= 11 is 0. The summed E-state index contributed by atoms with van der Waals surface area (Å²) in [6, 6.07) is 7.57. The molecule has 0 bridgehead atoms. The molecule has 4 aromatic rings. The van der Waals surface area contributed by atoms with Crippen molar-refractivity contribution in [2.75, 3.05) is 19.8 Å². The number of carbonyl (C=O) groups excluding carboxylic acids is 1. The maximum atomic E-state index is 14.3. The van der Waals surface area contributed by atoms with Crippen LogP contribution in [0.4, 0.5) is 10.3 Å². The Labute approximate surface area is 214 Å². The molecule has 10 nitrogen and oxygen atoms in total. The molecule has 0 spiro atoms. The Bertz CT molecular complexity index is 1380. The Kier molecular flexibility index (Phi) is 7.33. The summed E-state index contributed by atoms with van der Waals surface area (Å²) in [6.07, 6.45) is 6.79. The van der Waals surface area contributed by atoms with Crippen molar-refractivity contribution in [2.45, 2.75) is 45.6 Å². The molecule has 0 aliphatic heterocycles. The van der Waals surface area contributed by atoms with Gasteiger partial charge in [-0.25, -0.2) is 4.98 Å². The maximum Gasteiger partial charge on any atom is 0.261 e. The molecule has 0 saturated heterocycles. The van der Waals surface area contributed by atoms with E-state index in [1.54, 1.807) is 31.2 Å². The van der Waals surface area contributed by atoms with Gasteiger partial charge in [-0.2, -0.15) is 19.5 Å². The second-order valence-corrected chi connectivity index (χ2v) is 9.12. The average Bonchev–Trinajstić information content (AvgIpc) is 3.45. The number of anilines is 1. The van der Waals surface area contributed by atoms with Gasteiger partial charge >= 0.3 is 0 Å². The van der Waals surface area contributed by atoms with Gasteiger partial charge in [-0.1, -0.05) is 43.3 Å². The smallest absolute Gasteiger partial charge is 0.261 e. The first-order chi connectivity index (χ1) is 17.8. The van der Waals surface area contributed by atoms with E-state index in [9.17, 15) is 9.18 Å². The highest BCUT2D eigenvalue weighted by atomic mass is 19.1. The molecule has 0 radical (unpaired) electrons. The Hall–Kier alpha value is -4.15. The summed E-state index contributed by atoms with van der Waals surface area (Å²) in [5.41, 5.74) is 7.56. The third kappa shape index (κ3) is 5.20. The van der Waals surface area contributed by atoms with Crippen LogP contribution in [0.15, 0.2) is 47.4 Å². The van der Waals surface area contributed by atoms with Crippen molar-refractivity contribution < 1.29 is 13.7 Å². The zero-order valence-corrected chi connectivity index (χ0v) is 21.6. The standard InChI is InChI=1S/C24H25FN8O2.C2H6/c1-24(17-8-9-17,16-6-4-14(5-7-16)18-11-27-23(26)29-20(18)25)22-30-21(35-31-22)15-10-28-33(12-15)13-19(34)32(2)3;1-2/h4-7,10-12,17H,8-9,13H2,1-3H3,(H2,26,27,29);1-2H3. The fourth-order valence-corrected chi connectivity index (χ4v) is 4.16. The van der Waals surface area contributed by atoms with Crippen LogP contribution in [0.25, 0.3) is 22.6 Å². The van der Waals surface area contributed by atoms with Crippen LogP contribution in [-0.2, 0) is 16.8 Å². The number of rotatable bonds is 7. The van der Waals surface area contributed by atoms with E-state index in [2.05, 4.69) is 27.1 Å². The van der Waals surface area contributed by atoms with Gasteiger partial charge in [-0.3, -0.25) is 9.48 Å². The van der Waals surface area contributed by atoms with Gasteiger partial charge in [0.2, 0.25) is 17.8 Å². The summed E-state index contributed by atoms with van der Waals surface area (Å²) in [4.78, 5) is 25.7. The number of aromatic nitrogens is 6. The van der Waals surface area contributed by atoms with Crippen molar-refractivity contribution in [3.8, 4) is 22.6 Å². The second-order valence-electron chi connectivity index (χ2n) is 9.12. The summed E-state index contributed by atoms with van der Waals surface area (Å²) in [5, 5.41) is 8.55. The molecular formula is C26H31FN8O2. The van der Waals surface area contributed by atoms with Gasteiger partial charge in [0.1, 0.15) is 6.54 Å². The van der Waals surface area contributed by atoms with Crippen LogP contribution >= 0.6 is 0 Å². The Morgan fingerprint density at radius 3 is 2.49 bits per heavy atom. The van der Waals surface area contributed by atoms with Gasteiger partial charge in [-0.15, -0.1) is 0 Å². The number of amides is 1. The number of carbonyl (C=O) groups is 1. The molecule has 1 aliphatic carbocycles. The topological polar surface area (TPSA) is 129 Å². The minimum absolute atomic E-state index is 0.0685. The van der Waals surface area contributed by atoms with E-state index < -0.39 is 11.4 Å². The molecule has 3 aromatic heterocycles. The second kappa shape index (κ2) is 10.5. The Balaban J connectivity index is 0.00000156. The van der Waals surface area contributed by atoms with Crippen LogP contribution < -0.4 is 5.73 Å². The summed E-state index contributed by atoms with van der Waals surface area (Å²) in [6.45, 7) is 6.22. The fourth-order valence-electron chi connectivity index (χ4n) is 4.16. The molecule has 1 atom stereocenters. The van der Waals surface area contributed by atoms with E-state index in [4.69, 9.17) is 15.2 Å². The number of benzene rings is 1.